The molecule has 0 aliphatic carbocycles. The fraction of sp³-hybridized carbons (Fsp3) is 0.746. The number of cyclic esters (lactones) is 1. The lowest BCUT2D eigenvalue weighted by molar-refractivity contribution is -0.304. The van der Waals surface area contributed by atoms with E-state index in [4.69, 9.17) is 47.9 Å². The molecule has 0 bridgehead atoms. The van der Waals surface area contributed by atoms with Crippen LogP contribution in [-0.2, 0) is 42.8 Å². The van der Waals surface area contributed by atoms with Crippen molar-refractivity contribution in [3.8, 4) is 5.75 Å². The van der Waals surface area contributed by atoms with Gasteiger partial charge in [-0.25, -0.2) is 0 Å². The second-order valence-corrected chi connectivity index (χ2v) is 22.8. The number of aromatic nitrogens is 1. The zero-order valence-corrected chi connectivity index (χ0v) is 48.0. The lowest BCUT2D eigenvalue weighted by Crippen LogP contribution is -2.63. The van der Waals surface area contributed by atoms with E-state index in [2.05, 4.69) is 30.7 Å². The van der Waals surface area contributed by atoms with Gasteiger partial charge in [-0.1, -0.05) is 63.6 Å². The highest BCUT2D eigenvalue weighted by Crippen LogP contribution is 2.36. The molecule has 77 heavy (non-hydrogen) atoms. The van der Waals surface area contributed by atoms with E-state index < -0.39 is 97.5 Å². The standard InChI is InChI=1S/C59H94N4O14/c1-13-49-44(34-72-59-57(70-12)56(69-11)53(67)41(8)75-59)28-35(2)18-20-46(61-73-26-15-14-25-71-45-19-21-47-42(30-45)17-16-23-60-47)38(5)29-43(22-24-63-32-36(3)27-37(4)33-63)55(39(6)48(64)31-50(65)76-49)77-58-54(68)51(62(9)10)52(66)40(7)74-58/h16-21,23,28,30,36-41,43-44,48-49,51-59,64,66-68H,13-15,22,24-27,29,31-34H2,1-12H3/b20-18+,35-28+,61-46+/t36?,37?,38-,39?,40+,41+,43+,44?,48-,49-,51-,52+,53+,54+,55-,56+,57+,58-,59+/m1/s1. The van der Waals surface area contributed by atoms with Crippen LogP contribution in [-0.4, -0.2) is 194 Å². The Morgan fingerprint density at radius 3 is 2.25 bits per heavy atom. The summed E-state index contributed by atoms with van der Waals surface area (Å²) in [5, 5.41) is 52.1. The summed E-state index contributed by atoms with van der Waals surface area (Å²) in [6.45, 7) is 19.6. The fourth-order valence-electron chi connectivity index (χ4n) is 11.9. The van der Waals surface area contributed by atoms with Crippen molar-refractivity contribution in [3.05, 3.63) is 60.3 Å². The normalized spacial score (nSPS) is 38.0. The average Bonchev–Trinajstić information content (AvgIpc) is 3.39. The third-order valence-electron chi connectivity index (χ3n) is 16.1. The molecule has 3 fully saturated rings. The molecule has 4 aliphatic heterocycles. The molecule has 1 aromatic heterocycles. The Balaban J connectivity index is 1.33. The first-order valence-corrected chi connectivity index (χ1v) is 28.3. The van der Waals surface area contributed by atoms with Crippen LogP contribution in [0.3, 0.4) is 0 Å². The molecule has 1 aromatic carbocycles. The summed E-state index contributed by atoms with van der Waals surface area (Å²) in [7, 11) is 6.62. The zero-order chi connectivity index (χ0) is 55.9. The molecule has 18 heteroatoms. The van der Waals surface area contributed by atoms with Gasteiger partial charge in [-0.15, -0.1) is 0 Å². The molecule has 4 N–H and O–H groups in total. The summed E-state index contributed by atoms with van der Waals surface area (Å²) < 4.78 is 49.7. The molecule has 5 heterocycles. The van der Waals surface area contributed by atoms with Crippen LogP contribution in [0.5, 0.6) is 5.75 Å². The third-order valence-corrected chi connectivity index (χ3v) is 16.1. The van der Waals surface area contributed by atoms with Gasteiger partial charge in [-0.3, -0.25) is 9.78 Å². The average molecular weight is 1080 g/mol. The molecular weight excluding hydrogens is 989 g/mol. The summed E-state index contributed by atoms with van der Waals surface area (Å²) in [6, 6.07) is 9.12. The number of hydrogen-bond acceptors (Lipinski definition) is 18. The van der Waals surface area contributed by atoms with Crippen molar-refractivity contribution in [2.45, 2.75) is 180 Å². The minimum Gasteiger partial charge on any atom is -0.494 e. The molecule has 4 unspecified atom stereocenters. The van der Waals surface area contributed by atoms with Crippen LogP contribution in [0.4, 0.5) is 0 Å². The van der Waals surface area contributed by atoms with E-state index in [9.17, 15) is 25.2 Å². The molecule has 2 aromatic rings. The van der Waals surface area contributed by atoms with Crippen molar-refractivity contribution in [2.24, 2.45) is 40.7 Å². The number of carbonyl (C=O) groups excluding carboxylic acids is 1. The number of esters is 1. The quantitative estimate of drug-likeness (QED) is 0.0667. The number of unbranched alkanes of at least 4 members (excludes halogenated alkanes) is 1. The number of carbonyl (C=O) groups is 1. The van der Waals surface area contributed by atoms with Crippen molar-refractivity contribution >= 4 is 22.6 Å². The lowest BCUT2D eigenvalue weighted by Gasteiger charge is -2.47. The van der Waals surface area contributed by atoms with Gasteiger partial charge in [0.15, 0.2) is 12.6 Å². The summed E-state index contributed by atoms with van der Waals surface area (Å²) in [6.07, 6.45) is 1.08. The number of likely N-dealkylation sites (N-methyl/N-ethyl adjacent to an activating group) is 1. The van der Waals surface area contributed by atoms with Gasteiger partial charge in [0, 0.05) is 56.6 Å². The zero-order valence-electron chi connectivity index (χ0n) is 48.0. The Morgan fingerprint density at radius 1 is 0.844 bits per heavy atom. The topological polar surface area (TPSA) is 213 Å². The number of aliphatic hydroxyl groups is 4. The first-order chi connectivity index (χ1) is 36.8. The van der Waals surface area contributed by atoms with Crippen LogP contribution < -0.4 is 4.74 Å². The van der Waals surface area contributed by atoms with E-state index in [1.54, 1.807) is 39.0 Å². The number of likely N-dealkylation sites (tertiary alicyclic amines) is 1. The Bertz CT molecular complexity index is 2190. The van der Waals surface area contributed by atoms with Gasteiger partial charge in [0.2, 0.25) is 0 Å². The molecule has 3 saturated heterocycles. The molecule has 4 aliphatic rings. The maximum Gasteiger partial charge on any atom is 0.308 e. The van der Waals surface area contributed by atoms with Gasteiger partial charge in [-0.2, -0.15) is 0 Å². The molecule has 18 nitrogen and oxygen atoms in total. The number of ether oxygens (including phenoxy) is 8. The number of nitrogens with zero attached hydrogens (tertiary/aromatic N) is 4. The first kappa shape index (κ1) is 62.6. The number of benzene rings is 1. The summed E-state index contributed by atoms with van der Waals surface area (Å²) in [4.78, 5) is 29.0. The van der Waals surface area contributed by atoms with Crippen molar-refractivity contribution in [2.75, 3.05) is 67.8 Å². The molecule has 434 valence electrons. The van der Waals surface area contributed by atoms with Crippen LogP contribution in [0, 0.1) is 35.5 Å². The van der Waals surface area contributed by atoms with Crippen LogP contribution in [0.25, 0.3) is 10.9 Å². The monoisotopic (exact) mass is 1080 g/mol. The summed E-state index contributed by atoms with van der Waals surface area (Å²) in [5.41, 5.74) is 2.46. The number of hydrogen-bond donors (Lipinski definition) is 4. The highest BCUT2D eigenvalue weighted by atomic mass is 16.7. The SMILES string of the molecule is CC[C@H]1OC(=O)C[C@@H](O)C(C)[C@@H](O[C@H]2O[C@@H](C)[C@H](O)[C@@H](N(C)C)[C@@H]2O)[C@@H](CCN2CC(C)CC(C)C2)C[C@@H](C)C(=N/OCCCCOc2ccc3ncccc3c2)/C=C/C(C)=C/C1CO[C@H]1O[C@@H](C)[C@H](O)[C@H](OC)[C@@H]1OC. The van der Waals surface area contributed by atoms with Gasteiger partial charge in [0.25, 0.3) is 0 Å². The van der Waals surface area contributed by atoms with Gasteiger partial charge in [-0.05, 0) is 128 Å². The van der Waals surface area contributed by atoms with Crippen LogP contribution in [0.2, 0.25) is 0 Å². The van der Waals surface area contributed by atoms with Gasteiger partial charge >= 0.3 is 5.97 Å². The molecule has 19 atom stereocenters. The maximum atomic E-state index is 14.2. The van der Waals surface area contributed by atoms with Crippen LogP contribution in [0.15, 0.2) is 65.5 Å². The maximum absolute atomic E-state index is 14.2. The van der Waals surface area contributed by atoms with Crippen LogP contribution in [0.1, 0.15) is 100 Å². The van der Waals surface area contributed by atoms with Gasteiger partial charge < -0.3 is 73.0 Å². The molecule has 0 spiro atoms. The fourth-order valence-corrected chi connectivity index (χ4v) is 11.9. The predicted molar refractivity (Wildman–Crippen MR) is 294 cm³/mol. The first-order valence-electron chi connectivity index (χ1n) is 28.3. The molecule has 0 amide bonds. The van der Waals surface area contributed by atoms with E-state index in [1.807, 2.05) is 69.3 Å². The summed E-state index contributed by atoms with van der Waals surface area (Å²) >= 11 is 0. The predicted octanol–water partition coefficient (Wildman–Crippen LogP) is 6.55. The highest BCUT2D eigenvalue weighted by Gasteiger charge is 2.48. The Kier molecular flexibility index (Phi) is 24.6. The van der Waals surface area contributed by atoms with Crippen LogP contribution >= 0.6 is 0 Å². The minimum absolute atomic E-state index is 0.0545. The van der Waals surface area contributed by atoms with Gasteiger partial charge in [0.1, 0.15) is 42.9 Å². The number of fused-ring (bicyclic) bond motifs is 1. The Morgan fingerprint density at radius 2 is 1.55 bits per heavy atom. The van der Waals surface area contributed by atoms with E-state index in [1.165, 1.54) is 20.6 Å². The van der Waals surface area contributed by atoms with E-state index in [-0.39, 0.29) is 24.9 Å². The van der Waals surface area contributed by atoms with Crippen molar-refractivity contribution in [1.29, 1.82) is 0 Å². The number of methoxy groups -OCH3 is 2. The number of rotatable bonds is 19. The Labute approximate surface area is 458 Å². The van der Waals surface area contributed by atoms with E-state index in [0.717, 1.165) is 48.3 Å². The van der Waals surface area contributed by atoms with Crippen molar-refractivity contribution < 1.29 is 68.0 Å². The number of pyridine rings is 1. The smallest absolute Gasteiger partial charge is 0.308 e. The largest absolute Gasteiger partial charge is 0.494 e. The molecule has 6 rings (SSSR count). The van der Waals surface area contributed by atoms with Gasteiger partial charge in [0.05, 0.1) is 67.4 Å². The molecule has 0 radical (unpaired) electrons. The minimum atomic E-state index is -1.23. The third kappa shape index (κ3) is 17.4. The number of aliphatic hydroxyl groups excluding tert-OH is 4. The second kappa shape index (κ2) is 30.3. The van der Waals surface area contributed by atoms with E-state index in [0.29, 0.717) is 56.4 Å². The second-order valence-electron chi connectivity index (χ2n) is 22.8. The molecule has 0 saturated carbocycles. The lowest BCUT2D eigenvalue weighted by atomic mass is 9.79. The van der Waals surface area contributed by atoms with Crippen molar-refractivity contribution in [1.82, 2.24) is 14.8 Å². The highest BCUT2D eigenvalue weighted by molar-refractivity contribution is 5.96. The van der Waals surface area contributed by atoms with Crippen molar-refractivity contribution in [3.63, 3.8) is 0 Å². The number of piperidine rings is 1. The Hall–Kier alpha value is -3.63. The van der Waals surface area contributed by atoms with E-state index >= 15 is 0 Å². The number of allylic oxidation sites excluding steroid dienone is 3. The molecular formula is C59H94N4O14. The number of oxime groups is 1. The summed E-state index contributed by atoms with van der Waals surface area (Å²) in [5.74, 6) is -0.334.